The van der Waals surface area contributed by atoms with Gasteiger partial charge in [0.2, 0.25) is 0 Å². The first-order valence-corrected chi connectivity index (χ1v) is 8.97. The highest BCUT2D eigenvalue weighted by Gasteiger charge is 2.22. The smallest absolute Gasteiger partial charge is 0.0642 e. The van der Waals surface area contributed by atoms with E-state index in [0.717, 1.165) is 39.3 Å². The van der Waals surface area contributed by atoms with E-state index in [4.69, 9.17) is 4.74 Å². The van der Waals surface area contributed by atoms with Crippen molar-refractivity contribution in [1.82, 2.24) is 15.1 Å². The molecule has 1 aliphatic carbocycles. The third-order valence-corrected chi connectivity index (χ3v) is 5.24. The van der Waals surface area contributed by atoms with Crippen LogP contribution in [-0.4, -0.2) is 36.1 Å². The fourth-order valence-electron chi connectivity index (χ4n) is 3.81. The lowest BCUT2D eigenvalue weighted by Gasteiger charge is -2.29. The van der Waals surface area contributed by atoms with Gasteiger partial charge < -0.3 is 15.0 Å². The van der Waals surface area contributed by atoms with Crippen LogP contribution in [0.5, 0.6) is 0 Å². The Morgan fingerprint density at radius 1 is 1.21 bits per heavy atom. The summed E-state index contributed by atoms with van der Waals surface area (Å²) in [7, 11) is 2.05. The van der Waals surface area contributed by atoms with Crippen LogP contribution < -0.4 is 10.2 Å². The summed E-state index contributed by atoms with van der Waals surface area (Å²) >= 11 is 0. The van der Waals surface area contributed by atoms with Gasteiger partial charge in [-0.05, 0) is 37.0 Å². The largest absolute Gasteiger partial charge is 0.378 e. The number of hydrogen-bond donors (Lipinski definition) is 1. The minimum absolute atomic E-state index is 0.432. The average molecular weight is 326 g/mol. The molecule has 0 saturated carbocycles. The molecular formula is C19H26N4O. The van der Waals surface area contributed by atoms with Crippen molar-refractivity contribution >= 4 is 5.69 Å². The van der Waals surface area contributed by atoms with Gasteiger partial charge in [-0.2, -0.15) is 5.10 Å². The molecule has 5 nitrogen and oxygen atoms in total. The average Bonchev–Trinajstić information content (AvgIpc) is 3.03. The second kappa shape index (κ2) is 6.95. The third-order valence-electron chi connectivity index (χ3n) is 5.24. The summed E-state index contributed by atoms with van der Waals surface area (Å²) in [6, 6.07) is 9.38. The van der Waals surface area contributed by atoms with Crippen LogP contribution in [0.3, 0.4) is 0 Å². The number of ether oxygens (including phenoxy) is 1. The molecule has 0 spiro atoms. The van der Waals surface area contributed by atoms with Crippen molar-refractivity contribution in [3.63, 3.8) is 0 Å². The van der Waals surface area contributed by atoms with Crippen LogP contribution in [0.2, 0.25) is 0 Å². The van der Waals surface area contributed by atoms with Crippen LogP contribution in [0, 0.1) is 0 Å². The van der Waals surface area contributed by atoms with E-state index in [1.807, 2.05) is 17.9 Å². The van der Waals surface area contributed by atoms with Crippen molar-refractivity contribution in [1.29, 1.82) is 0 Å². The molecule has 0 bridgehead atoms. The number of benzene rings is 1. The molecule has 1 aromatic carbocycles. The molecule has 2 aromatic rings. The van der Waals surface area contributed by atoms with E-state index in [1.165, 1.54) is 35.3 Å². The Morgan fingerprint density at radius 3 is 2.79 bits per heavy atom. The number of rotatable bonds is 4. The number of morpholine rings is 1. The van der Waals surface area contributed by atoms with Gasteiger partial charge in [0.1, 0.15) is 0 Å². The summed E-state index contributed by atoms with van der Waals surface area (Å²) in [4.78, 5) is 2.39. The van der Waals surface area contributed by atoms with Gasteiger partial charge >= 0.3 is 0 Å². The van der Waals surface area contributed by atoms with Crippen LogP contribution in [0.25, 0.3) is 0 Å². The van der Waals surface area contributed by atoms with Crippen molar-refractivity contribution in [2.75, 3.05) is 31.2 Å². The summed E-state index contributed by atoms with van der Waals surface area (Å²) in [5.41, 5.74) is 5.41. The number of hydrogen-bond acceptors (Lipinski definition) is 4. The number of anilines is 1. The maximum atomic E-state index is 5.42. The SMILES string of the molecule is Cn1ncc2c1CCC[C@H]2NCc1ccc(N2CCOCC2)cc1. The van der Waals surface area contributed by atoms with E-state index in [1.54, 1.807) is 0 Å². The van der Waals surface area contributed by atoms with Crippen LogP contribution in [-0.2, 0) is 24.8 Å². The normalized spacial score (nSPS) is 20.9. The monoisotopic (exact) mass is 326 g/mol. The Hall–Kier alpha value is -1.85. The minimum atomic E-state index is 0.432. The zero-order chi connectivity index (χ0) is 16.4. The number of nitrogens with one attached hydrogen (secondary N) is 1. The Labute approximate surface area is 143 Å². The molecule has 0 radical (unpaired) electrons. The van der Waals surface area contributed by atoms with Crippen LogP contribution in [0.15, 0.2) is 30.5 Å². The molecule has 1 atom stereocenters. The first-order chi connectivity index (χ1) is 11.8. The van der Waals surface area contributed by atoms with Gasteiger partial charge in [-0.25, -0.2) is 0 Å². The molecule has 1 saturated heterocycles. The van der Waals surface area contributed by atoms with E-state index in [2.05, 4.69) is 39.6 Å². The molecule has 4 rings (SSSR count). The van der Waals surface area contributed by atoms with Crippen molar-refractivity contribution in [2.24, 2.45) is 7.05 Å². The van der Waals surface area contributed by atoms with Crippen molar-refractivity contribution < 1.29 is 4.74 Å². The second-order valence-corrected chi connectivity index (χ2v) is 6.76. The van der Waals surface area contributed by atoms with Gasteiger partial charge in [0.25, 0.3) is 0 Å². The van der Waals surface area contributed by atoms with Gasteiger partial charge in [-0.1, -0.05) is 12.1 Å². The first kappa shape index (κ1) is 15.7. The Kier molecular flexibility index (Phi) is 4.54. The minimum Gasteiger partial charge on any atom is -0.378 e. The number of aryl methyl sites for hydroxylation is 1. The zero-order valence-corrected chi connectivity index (χ0v) is 14.4. The molecule has 24 heavy (non-hydrogen) atoms. The van der Waals surface area contributed by atoms with E-state index < -0.39 is 0 Å². The molecule has 0 unspecified atom stereocenters. The summed E-state index contributed by atoms with van der Waals surface area (Å²) < 4.78 is 7.45. The lowest BCUT2D eigenvalue weighted by molar-refractivity contribution is 0.122. The van der Waals surface area contributed by atoms with Crippen LogP contribution in [0.1, 0.15) is 35.7 Å². The van der Waals surface area contributed by atoms with Gasteiger partial charge in [0.15, 0.2) is 0 Å². The van der Waals surface area contributed by atoms with Crippen molar-refractivity contribution in [2.45, 2.75) is 31.8 Å². The topological polar surface area (TPSA) is 42.3 Å². The molecule has 2 heterocycles. The van der Waals surface area contributed by atoms with Gasteiger partial charge in [0.05, 0.1) is 19.4 Å². The highest BCUT2D eigenvalue weighted by atomic mass is 16.5. The predicted molar refractivity (Wildman–Crippen MR) is 95.2 cm³/mol. The van der Waals surface area contributed by atoms with Crippen molar-refractivity contribution in [3.05, 3.63) is 47.3 Å². The summed E-state index contributed by atoms with van der Waals surface area (Å²) in [5.74, 6) is 0. The van der Waals surface area contributed by atoms with Crippen LogP contribution in [0.4, 0.5) is 5.69 Å². The third kappa shape index (κ3) is 3.19. The molecule has 0 amide bonds. The molecule has 1 N–H and O–H groups in total. The molecular weight excluding hydrogens is 300 g/mol. The van der Waals surface area contributed by atoms with E-state index >= 15 is 0 Å². The standard InChI is InChI=1S/C19H26N4O/c1-22-19-4-2-3-18(17(19)14-21-22)20-13-15-5-7-16(8-6-15)23-9-11-24-12-10-23/h5-8,14,18,20H,2-4,9-13H2,1H3/t18-/m1/s1. The number of aromatic nitrogens is 2. The molecule has 128 valence electrons. The van der Waals surface area contributed by atoms with Gasteiger partial charge in [-0.3, -0.25) is 4.68 Å². The molecule has 1 fully saturated rings. The molecule has 2 aliphatic rings. The van der Waals surface area contributed by atoms with Gasteiger partial charge in [-0.15, -0.1) is 0 Å². The van der Waals surface area contributed by atoms with Crippen molar-refractivity contribution in [3.8, 4) is 0 Å². The highest BCUT2D eigenvalue weighted by Crippen LogP contribution is 2.29. The summed E-state index contributed by atoms with van der Waals surface area (Å²) in [5, 5.41) is 8.15. The molecule has 1 aromatic heterocycles. The van der Waals surface area contributed by atoms with Gasteiger partial charge in [0, 0.05) is 49.7 Å². The van der Waals surface area contributed by atoms with E-state index in [9.17, 15) is 0 Å². The maximum absolute atomic E-state index is 5.42. The summed E-state index contributed by atoms with van der Waals surface area (Å²) in [6.07, 6.45) is 5.62. The lowest BCUT2D eigenvalue weighted by Crippen LogP contribution is -2.36. The Morgan fingerprint density at radius 2 is 2.00 bits per heavy atom. The van der Waals surface area contributed by atoms with E-state index in [0.29, 0.717) is 6.04 Å². The quantitative estimate of drug-likeness (QED) is 0.937. The van der Waals surface area contributed by atoms with Crippen LogP contribution >= 0.6 is 0 Å². The molecule has 5 heteroatoms. The molecule has 1 aliphatic heterocycles. The zero-order valence-electron chi connectivity index (χ0n) is 14.4. The lowest BCUT2D eigenvalue weighted by atomic mass is 9.93. The second-order valence-electron chi connectivity index (χ2n) is 6.76. The number of nitrogens with zero attached hydrogens (tertiary/aromatic N) is 3. The first-order valence-electron chi connectivity index (χ1n) is 8.97. The fourth-order valence-corrected chi connectivity index (χ4v) is 3.81. The maximum Gasteiger partial charge on any atom is 0.0642 e. The van der Waals surface area contributed by atoms with E-state index in [-0.39, 0.29) is 0 Å². The Balaban J connectivity index is 1.38. The number of fused-ring (bicyclic) bond motifs is 1. The highest BCUT2D eigenvalue weighted by molar-refractivity contribution is 5.47. The Bertz CT molecular complexity index is 673. The fraction of sp³-hybridized carbons (Fsp3) is 0.526. The summed E-state index contributed by atoms with van der Waals surface area (Å²) in [6.45, 7) is 4.55. The predicted octanol–water partition coefficient (Wildman–Crippen LogP) is 2.42.